The molecule has 4 aromatic rings. The normalized spacial score (nSPS) is 17.3. The van der Waals surface area contributed by atoms with Crippen molar-refractivity contribution in [1.29, 1.82) is 0 Å². The molecule has 21 heteroatoms. The molecule has 1 aliphatic carbocycles. The van der Waals surface area contributed by atoms with E-state index in [2.05, 4.69) is 27.3 Å². The van der Waals surface area contributed by atoms with Gasteiger partial charge in [0.15, 0.2) is 0 Å². The Morgan fingerprint density at radius 1 is 0.747 bits per heavy atom. The molecule has 2 aliphatic rings. The van der Waals surface area contributed by atoms with E-state index in [1.165, 1.54) is 26.0 Å². The largest absolute Gasteiger partial charge is 0.490 e. The summed E-state index contributed by atoms with van der Waals surface area (Å²) >= 11 is 0. The van der Waals surface area contributed by atoms with Crippen LogP contribution in [0.25, 0.3) is 10.8 Å². The third-order valence-electron chi connectivity index (χ3n) is 14.3. The minimum atomic E-state index is -4.06. The van der Waals surface area contributed by atoms with E-state index in [0.717, 1.165) is 21.2 Å². The summed E-state index contributed by atoms with van der Waals surface area (Å²) in [6.07, 6.45) is 5.95. The molecule has 448 valence electrons. The van der Waals surface area contributed by atoms with Crippen molar-refractivity contribution in [3.8, 4) is 11.5 Å². The van der Waals surface area contributed by atoms with Gasteiger partial charge in [0.1, 0.15) is 66.6 Å². The van der Waals surface area contributed by atoms with Gasteiger partial charge >= 0.3 is 12.1 Å². The first-order chi connectivity index (χ1) is 39.2. The van der Waals surface area contributed by atoms with Crippen molar-refractivity contribution in [2.24, 2.45) is 17.1 Å². The van der Waals surface area contributed by atoms with Crippen LogP contribution < -0.4 is 35.9 Å². The zero-order valence-electron chi connectivity index (χ0n) is 49.0. The van der Waals surface area contributed by atoms with E-state index >= 15 is 9.59 Å². The second-order valence-electron chi connectivity index (χ2n) is 23.3. The van der Waals surface area contributed by atoms with E-state index in [9.17, 15) is 32.4 Å². The van der Waals surface area contributed by atoms with E-state index in [-0.39, 0.29) is 51.4 Å². The van der Waals surface area contributed by atoms with E-state index in [0.29, 0.717) is 41.9 Å². The number of carbonyl (C=O) groups excluding carboxylic acids is 7. The van der Waals surface area contributed by atoms with Crippen LogP contribution >= 0.6 is 0 Å². The Hall–Kier alpha value is -7.78. The second-order valence-corrected chi connectivity index (χ2v) is 25.3. The molecular formula is C62H81N7O13S. The van der Waals surface area contributed by atoms with E-state index in [1.807, 2.05) is 54.6 Å². The second kappa shape index (κ2) is 28.5. The molecule has 0 radical (unpaired) electrons. The Balaban J connectivity index is 1.29. The molecule has 83 heavy (non-hydrogen) atoms. The van der Waals surface area contributed by atoms with Crippen LogP contribution in [0, 0.1) is 11.3 Å². The summed E-state index contributed by atoms with van der Waals surface area (Å²) in [5, 5.41) is 9.65. The number of rotatable bonds is 26. The fraction of sp³-hybridized carbons (Fsp3) is 0.468. The molecule has 0 unspecified atom stereocenters. The van der Waals surface area contributed by atoms with Crippen LogP contribution in [-0.2, 0) is 67.5 Å². The Kier molecular flexibility index (Phi) is 22.1. The molecule has 0 aromatic heterocycles. The monoisotopic (exact) mass is 1160 g/mol. The number of nitrogens with one attached hydrogen (secondary N) is 4. The molecule has 1 saturated heterocycles. The summed E-state index contributed by atoms with van der Waals surface area (Å²) in [7, 11) is -1.35. The van der Waals surface area contributed by atoms with Crippen molar-refractivity contribution in [3.05, 3.63) is 132 Å². The maximum absolute atomic E-state index is 15.2. The van der Waals surface area contributed by atoms with Crippen LogP contribution in [0.3, 0.4) is 0 Å². The number of ether oxygens (including phenoxy) is 4. The lowest BCUT2D eigenvalue weighted by atomic mass is 9.85. The fourth-order valence-corrected chi connectivity index (χ4v) is 10.7. The molecule has 7 atom stereocenters. The van der Waals surface area contributed by atoms with Crippen molar-refractivity contribution >= 4 is 62.4 Å². The molecule has 1 heterocycles. The molecular weight excluding hydrogens is 1080 g/mol. The molecule has 6 rings (SSSR count). The summed E-state index contributed by atoms with van der Waals surface area (Å²) in [5.74, 6) is -3.38. The number of likely N-dealkylation sites (tertiary alicyclic amines) is 1. The Morgan fingerprint density at radius 3 is 1.92 bits per heavy atom. The third kappa shape index (κ3) is 18.9. The SMILES string of the molecule is C=CCOc1ccc(C[C@H](NC(=O)[C@H](Cc2ccc3ccccc3c2)NC(=O)[C@@H]2C[C@H](C/C=C/COc3ccc(C[C@H](N)C(=O)OC)cc3)CN2C(=O)[C@@H](NC(=O)[C@H](C)N(C)C(=O)OC(C)(C)C)C(C)(C)C)C(=O)NS(=O)(=O)C2CC2)cc1. The van der Waals surface area contributed by atoms with Crippen LogP contribution in [-0.4, -0.2) is 141 Å². The minimum absolute atomic E-state index is 0.0732. The van der Waals surface area contributed by atoms with Gasteiger partial charge in [0.25, 0.3) is 5.91 Å². The predicted octanol–water partition coefficient (Wildman–Crippen LogP) is 5.84. The topological polar surface area (TPSA) is 271 Å². The number of fused-ring (bicyclic) bond motifs is 1. The van der Waals surface area contributed by atoms with Gasteiger partial charge in [0.05, 0.1) is 12.4 Å². The highest BCUT2D eigenvalue weighted by molar-refractivity contribution is 7.90. The van der Waals surface area contributed by atoms with Gasteiger partial charge in [-0.15, -0.1) is 0 Å². The van der Waals surface area contributed by atoms with Gasteiger partial charge < -0.3 is 45.5 Å². The number of hydrogen-bond acceptors (Lipinski definition) is 14. The lowest BCUT2D eigenvalue weighted by Gasteiger charge is -2.37. The molecule has 2 fully saturated rings. The van der Waals surface area contributed by atoms with Crippen molar-refractivity contribution in [3.63, 3.8) is 0 Å². The molecule has 6 amide bonds. The van der Waals surface area contributed by atoms with Gasteiger partial charge in [0.2, 0.25) is 33.7 Å². The number of nitrogens with two attached hydrogens (primary N) is 1. The molecule has 1 aliphatic heterocycles. The van der Waals surface area contributed by atoms with Gasteiger partial charge in [-0.25, -0.2) is 13.2 Å². The molecule has 1 saturated carbocycles. The maximum Gasteiger partial charge on any atom is 0.410 e. The van der Waals surface area contributed by atoms with Crippen LogP contribution in [0.2, 0.25) is 0 Å². The van der Waals surface area contributed by atoms with Crippen molar-refractivity contribution < 1.29 is 60.9 Å². The smallest absolute Gasteiger partial charge is 0.410 e. The zero-order valence-corrected chi connectivity index (χ0v) is 49.8. The average molecular weight is 1160 g/mol. The van der Waals surface area contributed by atoms with Crippen LogP contribution in [0.15, 0.2) is 116 Å². The van der Waals surface area contributed by atoms with Gasteiger partial charge in [-0.3, -0.25) is 38.4 Å². The Bertz CT molecular complexity index is 3100. The molecule has 6 N–H and O–H groups in total. The Labute approximate surface area is 487 Å². The summed E-state index contributed by atoms with van der Waals surface area (Å²) in [4.78, 5) is 101. The number of allylic oxidation sites excluding steroid dienone is 1. The van der Waals surface area contributed by atoms with Crippen LogP contribution in [0.1, 0.15) is 90.8 Å². The third-order valence-corrected chi connectivity index (χ3v) is 16.2. The highest BCUT2D eigenvalue weighted by Crippen LogP contribution is 2.32. The molecule has 0 spiro atoms. The standard InChI is InChI=1S/C62H81N7O13S/c1-11-31-80-46-27-22-41(23-28-46)35-51(56(72)67-83(77,78)48-29-30-48)64-55(71)50(36-42-19-24-44-17-12-13-18-45(44)33-42)65-57(73)52-37-43(16-14-15-32-81-47-25-20-40(21-26-47)34-49(63)59(75)79-10)38-69(52)58(74)53(61(3,4)5)66-54(70)39(2)68(9)60(76)82-62(6,7)8/h11-15,17-28,33,39,43,48-53H,1,16,29-32,34-38,63H2,2-10H3,(H,64,71)(H,65,73)(H,66,70)(H,67,72)/b15-14+/t39-,43-,49-,50-,51-,52-,53+/m0/s1. The van der Waals surface area contributed by atoms with E-state index in [4.69, 9.17) is 24.7 Å². The van der Waals surface area contributed by atoms with E-state index < -0.39 is 104 Å². The van der Waals surface area contributed by atoms with E-state index in [1.54, 1.807) is 96.1 Å². The number of amides is 6. The minimum Gasteiger partial charge on any atom is -0.490 e. The molecule has 20 nitrogen and oxygen atoms in total. The van der Waals surface area contributed by atoms with Gasteiger partial charge in [0, 0.05) is 26.4 Å². The van der Waals surface area contributed by atoms with Crippen LogP contribution in [0.5, 0.6) is 11.5 Å². The number of methoxy groups -OCH3 is 1. The summed E-state index contributed by atoms with van der Waals surface area (Å²) in [5.41, 5.74) is 6.20. The first-order valence-electron chi connectivity index (χ1n) is 27.9. The Morgan fingerprint density at radius 2 is 1.33 bits per heavy atom. The average Bonchev–Trinajstić information content (AvgIpc) is 4.05. The molecule has 0 bridgehead atoms. The summed E-state index contributed by atoms with van der Waals surface area (Å²) in [6, 6.07) is 20.0. The quantitative estimate of drug-likeness (QED) is 0.0365. The highest BCUT2D eigenvalue weighted by atomic mass is 32.2. The number of nitrogens with zero attached hydrogens (tertiary/aromatic N) is 2. The van der Waals surface area contributed by atoms with Gasteiger partial charge in [-0.05, 0) is 123 Å². The number of sulfonamides is 1. The molecule has 4 aromatic carbocycles. The number of carbonyl (C=O) groups is 7. The lowest BCUT2D eigenvalue weighted by molar-refractivity contribution is -0.145. The van der Waals surface area contributed by atoms with Crippen molar-refractivity contribution in [1.82, 2.24) is 30.5 Å². The van der Waals surface area contributed by atoms with Crippen molar-refractivity contribution in [2.75, 3.05) is 33.9 Å². The zero-order chi connectivity index (χ0) is 60.8. The number of esters is 1. The van der Waals surface area contributed by atoms with Crippen LogP contribution in [0.4, 0.5) is 4.79 Å². The van der Waals surface area contributed by atoms with Crippen molar-refractivity contribution in [2.45, 2.75) is 141 Å². The first kappa shape index (κ1) is 64.4. The predicted molar refractivity (Wildman–Crippen MR) is 315 cm³/mol. The summed E-state index contributed by atoms with van der Waals surface area (Å²) in [6.45, 7) is 16.1. The summed E-state index contributed by atoms with van der Waals surface area (Å²) < 4.78 is 50.3. The number of hydrogen-bond donors (Lipinski definition) is 5. The lowest BCUT2D eigenvalue weighted by Crippen LogP contribution is -2.61. The fourth-order valence-electron chi connectivity index (χ4n) is 9.39. The van der Waals surface area contributed by atoms with Gasteiger partial charge in [-0.2, -0.15) is 0 Å². The van der Waals surface area contributed by atoms with Gasteiger partial charge in [-0.1, -0.05) is 112 Å². The maximum atomic E-state index is 15.2. The first-order valence-corrected chi connectivity index (χ1v) is 29.4. The number of benzene rings is 4. The highest BCUT2D eigenvalue weighted by Gasteiger charge is 2.46. The number of likely N-dealkylation sites (N-methyl/N-ethyl adjacent to an activating group) is 1.